The summed E-state index contributed by atoms with van der Waals surface area (Å²) in [5.41, 5.74) is 4.09. The van der Waals surface area contributed by atoms with Gasteiger partial charge in [-0.1, -0.05) is 47.7 Å². The minimum atomic E-state index is 0.170. The Bertz CT molecular complexity index is 405. The van der Waals surface area contributed by atoms with Crippen molar-refractivity contribution in [1.29, 1.82) is 0 Å². The van der Waals surface area contributed by atoms with Gasteiger partial charge in [0, 0.05) is 16.1 Å². The molecule has 1 aromatic rings. The molecule has 0 amide bonds. The van der Waals surface area contributed by atoms with Gasteiger partial charge in [-0.2, -0.15) is 0 Å². The Labute approximate surface area is 124 Å². The van der Waals surface area contributed by atoms with Crippen LogP contribution in [0.2, 0.25) is 0 Å². The van der Waals surface area contributed by atoms with Crippen molar-refractivity contribution in [3.8, 4) is 5.75 Å². The number of hydrogen-bond donors (Lipinski definition) is 2. The zero-order valence-corrected chi connectivity index (χ0v) is 13.1. The van der Waals surface area contributed by atoms with Crippen molar-refractivity contribution in [3.63, 3.8) is 0 Å². The van der Waals surface area contributed by atoms with E-state index in [1.807, 2.05) is 12.1 Å². The van der Waals surface area contributed by atoms with Crippen LogP contribution in [0.1, 0.15) is 50.1 Å². The molecule has 1 saturated carbocycles. The number of benzene rings is 1. The number of hydrogen-bond acceptors (Lipinski definition) is 3. The molecule has 2 rings (SSSR count). The number of hydrazine groups is 1. The molecule has 19 heavy (non-hydrogen) atoms. The molecule has 0 saturated heterocycles. The number of rotatable bonds is 6. The van der Waals surface area contributed by atoms with E-state index >= 15 is 0 Å². The molecular formula is C15H23BrN2O. The third kappa shape index (κ3) is 3.94. The summed E-state index contributed by atoms with van der Waals surface area (Å²) >= 11 is 3.47. The first kappa shape index (κ1) is 14.8. The fraction of sp³-hybridized carbons (Fsp3) is 0.600. The summed E-state index contributed by atoms with van der Waals surface area (Å²) in [4.78, 5) is 0. The minimum absolute atomic E-state index is 0.170. The molecular weight excluding hydrogens is 304 g/mol. The third-order valence-corrected chi connectivity index (χ3v) is 4.60. The molecule has 0 bridgehead atoms. The Kier molecular flexibility index (Phi) is 5.67. The van der Waals surface area contributed by atoms with Gasteiger partial charge in [0.05, 0.1) is 7.11 Å². The molecule has 1 atom stereocenters. The zero-order chi connectivity index (χ0) is 13.7. The number of methoxy groups -OCH3 is 1. The minimum Gasteiger partial charge on any atom is -0.496 e. The summed E-state index contributed by atoms with van der Waals surface area (Å²) in [6.45, 7) is 0. The van der Waals surface area contributed by atoms with Crippen molar-refractivity contribution in [1.82, 2.24) is 5.43 Å². The average molecular weight is 327 g/mol. The van der Waals surface area contributed by atoms with E-state index < -0.39 is 0 Å². The fourth-order valence-corrected chi connectivity index (χ4v) is 3.34. The molecule has 0 aliphatic heterocycles. The predicted molar refractivity (Wildman–Crippen MR) is 82.0 cm³/mol. The lowest BCUT2D eigenvalue weighted by molar-refractivity contribution is 0.380. The summed E-state index contributed by atoms with van der Waals surface area (Å²) in [5.74, 6) is 7.51. The van der Waals surface area contributed by atoms with E-state index in [4.69, 9.17) is 10.6 Å². The van der Waals surface area contributed by atoms with E-state index in [9.17, 15) is 0 Å². The molecule has 1 unspecified atom stereocenters. The lowest BCUT2D eigenvalue weighted by Crippen LogP contribution is -2.28. The van der Waals surface area contributed by atoms with Crippen molar-refractivity contribution in [2.75, 3.05) is 7.11 Å². The average Bonchev–Trinajstić information content (AvgIpc) is 2.93. The van der Waals surface area contributed by atoms with Crippen LogP contribution in [0.15, 0.2) is 22.7 Å². The van der Waals surface area contributed by atoms with Gasteiger partial charge in [0.15, 0.2) is 0 Å². The molecule has 1 fully saturated rings. The molecule has 1 aromatic carbocycles. The smallest absolute Gasteiger partial charge is 0.124 e. The van der Waals surface area contributed by atoms with E-state index in [0.717, 1.165) is 28.1 Å². The molecule has 3 nitrogen and oxygen atoms in total. The molecule has 1 aliphatic carbocycles. The van der Waals surface area contributed by atoms with Crippen LogP contribution >= 0.6 is 15.9 Å². The molecule has 3 N–H and O–H groups in total. The van der Waals surface area contributed by atoms with E-state index in [0.29, 0.717) is 0 Å². The van der Waals surface area contributed by atoms with Crippen molar-refractivity contribution in [2.24, 2.45) is 11.8 Å². The van der Waals surface area contributed by atoms with Crippen molar-refractivity contribution >= 4 is 15.9 Å². The van der Waals surface area contributed by atoms with Crippen molar-refractivity contribution in [3.05, 3.63) is 28.2 Å². The lowest BCUT2D eigenvalue weighted by atomic mass is 9.95. The van der Waals surface area contributed by atoms with Gasteiger partial charge in [-0.05, 0) is 30.9 Å². The largest absolute Gasteiger partial charge is 0.496 e. The van der Waals surface area contributed by atoms with Gasteiger partial charge < -0.3 is 4.74 Å². The summed E-state index contributed by atoms with van der Waals surface area (Å²) in [5, 5.41) is 0. The van der Waals surface area contributed by atoms with E-state index in [-0.39, 0.29) is 6.04 Å². The number of ether oxygens (including phenoxy) is 1. The Hall–Kier alpha value is -0.580. The van der Waals surface area contributed by atoms with Gasteiger partial charge in [-0.15, -0.1) is 0 Å². The lowest BCUT2D eigenvalue weighted by Gasteiger charge is -2.21. The molecule has 106 valence electrons. The molecule has 1 aliphatic rings. The van der Waals surface area contributed by atoms with Crippen molar-refractivity contribution in [2.45, 2.75) is 44.6 Å². The molecule has 4 heteroatoms. The Balaban J connectivity index is 2.03. The van der Waals surface area contributed by atoms with Crippen LogP contribution in [-0.2, 0) is 0 Å². The van der Waals surface area contributed by atoms with E-state index in [1.54, 1.807) is 7.11 Å². The maximum Gasteiger partial charge on any atom is 0.124 e. The monoisotopic (exact) mass is 326 g/mol. The van der Waals surface area contributed by atoms with E-state index in [2.05, 4.69) is 27.4 Å². The molecule has 0 spiro atoms. The Morgan fingerprint density at radius 1 is 1.42 bits per heavy atom. The van der Waals surface area contributed by atoms with Crippen LogP contribution in [0.3, 0.4) is 0 Å². The number of nitrogens with two attached hydrogens (primary N) is 1. The highest BCUT2D eigenvalue weighted by Gasteiger charge is 2.19. The second-order valence-corrected chi connectivity index (χ2v) is 6.25. The second kappa shape index (κ2) is 7.27. The van der Waals surface area contributed by atoms with Crippen LogP contribution in [0.25, 0.3) is 0 Å². The third-order valence-electron chi connectivity index (χ3n) is 4.11. The van der Waals surface area contributed by atoms with Crippen LogP contribution in [0.4, 0.5) is 0 Å². The van der Waals surface area contributed by atoms with Gasteiger partial charge in [0.25, 0.3) is 0 Å². The second-order valence-electron chi connectivity index (χ2n) is 5.33. The highest BCUT2D eigenvalue weighted by Crippen LogP contribution is 2.34. The van der Waals surface area contributed by atoms with Gasteiger partial charge >= 0.3 is 0 Å². The SMILES string of the molecule is COc1cc(Br)ccc1C(CCC1CCCC1)NN. The maximum atomic E-state index is 5.73. The summed E-state index contributed by atoms with van der Waals surface area (Å²) in [7, 11) is 1.70. The highest BCUT2D eigenvalue weighted by molar-refractivity contribution is 9.10. The highest BCUT2D eigenvalue weighted by atomic mass is 79.9. The normalized spacial score (nSPS) is 17.6. The van der Waals surface area contributed by atoms with Gasteiger partial charge in [-0.3, -0.25) is 11.3 Å². The van der Waals surface area contributed by atoms with Crippen LogP contribution in [0.5, 0.6) is 5.75 Å². The summed E-state index contributed by atoms with van der Waals surface area (Å²) in [6, 6.07) is 6.29. The van der Waals surface area contributed by atoms with Crippen LogP contribution in [0, 0.1) is 5.92 Å². The zero-order valence-electron chi connectivity index (χ0n) is 11.5. The standard InChI is InChI=1S/C15H23BrN2O/c1-19-15-10-12(16)7-8-13(15)14(18-17)9-6-11-4-2-3-5-11/h7-8,10-11,14,18H,2-6,9,17H2,1H3. The summed E-state index contributed by atoms with van der Waals surface area (Å²) in [6.07, 6.45) is 7.87. The Morgan fingerprint density at radius 3 is 2.79 bits per heavy atom. The topological polar surface area (TPSA) is 47.3 Å². The van der Waals surface area contributed by atoms with Gasteiger partial charge in [0.1, 0.15) is 5.75 Å². The first-order valence-electron chi connectivity index (χ1n) is 7.04. The van der Waals surface area contributed by atoms with E-state index in [1.165, 1.54) is 32.1 Å². The molecule has 0 radical (unpaired) electrons. The fourth-order valence-electron chi connectivity index (χ4n) is 3.00. The quantitative estimate of drug-likeness (QED) is 0.615. The van der Waals surface area contributed by atoms with Crippen LogP contribution < -0.4 is 16.0 Å². The number of nitrogens with one attached hydrogen (secondary N) is 1. The van der Waals surface area contributed by atoms with Crippen molar-refractivity contribution < 1.29 is 4.74 Å². The Morgan fingerprint density at radius 2 is 2.16 bits per heavy atom. The number of halogens is 1. The summed E-state index contributed by atoms with van der Waals surface area (Å²) < 4.78 is 6.48. The van der Waals surface area contributed by atoms with Gasteiger partial charge in [0.2, 0.25) is 0 Å². The van der Waals surface area contributed by atoms with Crippen LogP contribution in [-0.4, -0.2) is 7.11 Å². The first-order valence-corrected chi connectivity index (χ1v) is 7.83. The molecule has 0 aromatic heterocycles. The maximum absolute atomic E-state index is 5.73. The predicted octanol–water partition coefficient (Wildman–Crippen LogP) is 3.93. The van der Waals surface area contributed by atoms with Gasteiger partial charge in [-0.25, -0.2) is 0 Å². The first-order chi connectivity index (χ1) is 9.24. The molecule has 0 heterocycles.